The summed E-state index contributed by atoms with van der Waals surface area (Å²) in [5, 5.41) is 0. The van der Waals surface area contributed by atoms with E-state index >= 15 is 0 Å². The molecule has 1 aliphatic heterocycles. The molecule has 2 atom stereocenters. The van der Waals surface area contributed by atoms with E-state index in [1.165, 1.54) is 6.92 Å². The summed E-state index contributed by atoms with van der Waals surface area (Å²) in [7, 11) is 1.71. The predicted octanol–water partition coefficient (Wildman–Crippen LogP) is 1.13. The van der Waals surface area contributed by atoms with Crippen molar-refractivity contribution in [2.24, 2.45) is 0 Å². The molecule has 0 saturated carbocycles. The number of benzene rings is 1. The summed E-state index contributed by atoms with van der Waals surface area (Å²) in [5.74, 6) is -0.573. The number of likely N-dealkylation sites (N-methyl/N-ethyl adjacent to an activating group) is 1. The lowest BCUT2D eigenvalue weighted by Gasteiger charge is -2.43. The quantitative estimate of drug-likeness (QED) is 0.553. The highest BCUT2D eigenvalue weighted by Crippen LogP contribution is 2.35. The Morgan fingerprint density at radius 3 is 2.50 bits per heavy atom. The van der Waals surface area contributed by atoms with Gasteiger partial charge in [-0.15, -0.1) is 0 Å². The SMILES string of the molecule is CC(=O)O[C@H]1C(=O)N(C)[C@H]1c1ccccc1. The van der Waals surface area contributed by atoms with Crippen molar-refractivity contribution in [1.82, 2.24) is 4.90 Å². The summed E-state index contributed by atoms with van der Waals surface area (Å²) in [6, 6.07) is 9.39. The summed E-state index contributed by atoms with van der Waals surface area (Å²) >= 11 is 0. The average Bonchev–Trinajstić information content (AvgIpc) is 2.29. The Hall–Kier alpha value is -1.84. The van der Waals surface area contributed by atoms with E-state index in [1.807, 2.05) is 30.3 Å². The van der Waals surface area contributed by atoms with E-state index in [0.29, 0.717) is 0 Å². The van der Waals surface area contributed by atoms with Crippen LogP contribution in [0.3, 0.4) is 0 Å². The molecule has 4 heteroatoms. The second-order valence-corrected chi connectivity index (χ2v) is 3.83. The number of nitrogens with zero attached hydrogens (tertiary/aromatic N) is 1. The van der Waals surface area contributed by atoms with Crippen LogP contribution in [-0.4, -0.2) is 29.9 Å². The van der Waals surface area contributed by atoms with Crippen molar-refractivity contribution in [2.75, 3.05) is 7.05 Å². The van der Waals surface area contributed by atoms with Crippen molar-refractivity contribution in [3.8, 4) is 0 Å². The van der Waals surface area contributed by atoms with Crippen molar-refractivity contribution in [2.45, 2.75) is 19.1 Å². The molecule has 0 N–H and O–H groups in total. The number of carbonyl (C=O) groups is 2. The number of hydrogen-bond acceptors (Lipinski definition) is 3. The lowest BCUT2D eigenvalue weighted by molar-refractivity contribution is -0.180. The standard InChI is InChI=1S/C12H13NO3/c1-8(14)16-11-10(13(2)12(11)15)9-6-4-3-5-7-9/h3-7,10-11H,1-2H3/t10-,11+/m0/s1. The van der Waals surface area contributed by atoms with Crippen molar-refractivity contribution in [3.05, 3.63) is 35.9 Å². The topological polar surface area (TPSA) is 46.6 Å². The average molecular weight is 219 g/mol. The molecular weight excluding hydrogens is 206 g/mol. The Morgan fingerprint density at radius 1 is 1.31 bits per heavy atom. The number of likely N-dealkylation sites (tertiary alicyclic amines) is 1. The van der Waals surface area contributed by atoms with E-state index in [0.717, 1.165) is 5.56 Å². The minimum Gasteiger partial charge on any atom is -0.450 e. The van der Waals surface area contributed by atoms with E-state index in [1.54, 1.807) is 11.9 Å². The zero-order valence-corrected chi connectivity index (χ0v) is 9.21. The van der Waals surface area contributed by atoms with Gasteiger partial charge in [0.2, 0.25) is 6.10 Å². The predicted molar refractivity (Wildman–Crippen MR) is 57.5 cm³/mol. The van der Waals surface area contributed by atoms with Crippen LogP contribution in [0.1, 0.15) is 18.5 Å². The van der Waals surface area contributed by atoms with Gasteiger partial charge in [0.15, 0.2) is 0 Å². The number of rotatable bonds is 2. The van der Waals surface area contributed by atoms with Gasteiger partial charge in [0.25, 0.3) is 5.91 Å². The summed E-state index contributed by atoms with van der Waals surface area (Å²) in [6.45, 7) is 1.31. The van der Waals surface area contributed by atoms with Crippen LogP contribution in [0.2, 0.25) is 0 Å². The molecule has 1 amide bonds. The molecule has 1 heterocycles. The second-order valence-electron chi connectivity index (χ2n) is 3.83. The first-order chi connectivity index (χ1) is 7.61. The molecule has 16 heavy (non-hydrogen) atoms. The Bertz CT molecular complexity index is 416. The fourth-order valence-corrected chi connectivity index (χ4v) is 1.94. The van der Waals surface area contributed by atoms with E-state index < -0.39 is 12.1 Å². The van der Waals surface area contributed by atoms with Gasteiger partial charge >= 0.3 is 5.97 Å². The molecule has 0 spiro atoms. The molecule has 1 aliphatic rings. The monoisotopic (exact) mass is 219 g/mol. The summed E-state index contributed by atoms with van der Waals surface area (Å²) in [5.41, 5.74) is 0.982. The molecule has 1 aromatic carbocycles. The number of amides is 1. The molecule has 84 valence electrons. The van der Waals surface area contributed by atoms with Crippen molar-refractivity contribution in [3.63, 3.8) is 0 Å². The van der Waals surface area contributed by atoms with E-state index in [4.69, 9.17) is 4.74 Å². The Morgan fingerprint density at radius 2 is 1.94 bits per heavy atom. The zero-order valence-electron chi connectivity index (χ0n) is 9.21. The number of esters is 1. The number of hydrogen-bond donors (Lipinski definition) is 0. The molecule has 1 aromatic rings. The summed E-state index contributed by atoms with van der Waals surface area (Å²) in [6.07, 6.45) is -0.662. The number of carbonyl (C=O) groups excluding carboxylic acids is 2. The van der Waals surface area contributed by atoms with E-state index in [-0.39, 0.29) is 11.9 Å². The minimum absolute atomic E-state index is 0.149. The number of ether oxygens (including phenoxy) is 1. The van der Waals surface area contributed by atoms with Crippen molar-refractivity contribution < 1.29 is 14.3 Å². The fraction of sp³-hybridized carbons (Fsp3) is 0.333. The molecule has 0 unspecified atom stereocenters. The molecule has 0 aromatic heterocycles. The molecule has 1 fully saturated rings. The second kappa shape index (κ2) is 3.96. The lowest BCUT2D eigenvalue weighted by atomic mass is 9.91. The third-order valence-electron chi connectivity index (χ3n) is 2.73. The third-order valence-corrected chi connectivity index (χ3v) is 2.73. The van der Waals surface area contributed by atoms with Gasteiger partial charge in [-0.25, -0.2) is 0 Å². The minimum atomic E-state index is -0.662. The van der Waals surface area contributed by atoms with Gasteiger partial charge in [-0.2, -0.15) is 0 Å². The molecule has 0 bridgehead atoms. The van der Waals surface area contributed by atoms with Crippen LogP contribution < -0.4 is 0 Å². The van der Waals surface area contributed by atoms with Crippen molar-refractivity contribution >= 4 is 11.9 Å². The van der Waals surface area contributed by atoms with Crippen molar-refractivity contribution in [1.29, 1.82) is 0 Å². The maximum absolute atomic E-state index is 11.5. The van der Waals surface area contributed by atoms with Gasteiger partial charge in [-0.1, -0.05) is 30.3 Å². The smallest absolute Gasteiger partial charge is 0.303 e. The van der Waals surface area contributed by atoms with E-state index in [9.17, 15) is 9.59 Å². The maximum atomic E-state index is 11.5. The normalized spacial score (nSPS) is 23.9. The maximum Gasteiger partial charge on any atom is 0.303 e. The Kier molecular flexibility index (Phi) is 2.64. The van der Waals surface area contributed by atoms with Crippen LogP contribution >= 0.6 is 0 Å². The molecule has 4 nitrogen and oxygen atoms in total. The largest absolute Gasteiger partial charge is 0.450 e. The van der Waals surface area contributed by atoms with Crippen LogP contribution in [0.4, 0.5) is 0 Å². The van der Waals surface area contributed by atoms with Crippen LogP contribution in [0.15, 0.2) is 30.3 Å². The fourth-order valence-electron chi connectivity index (χ4n) is 1.94. The first-order valence-corrected chi connectivity index (χ1v) is 5.10. The number of β-lactam (4-membered cyclic amide) rings is 1. The van der Waals surface area contributed by atoms with Gasteiger partial charge in [0.1, 0.15) is 6.04 Å². The zero-order chi connectivity index (χ0) is 11.7. The van der Waals surface area contributed by atoms with Crippen LogP contribution in [-0.2, 0) is 14.3 Å². The first kappa shape index (κ1) is 10.7. The van der Waals surface area contributed by atoms with Gasteiger partial charge in [-0.05, 0) is 5.56 Å². The molecule has 0 aliphatic carbocycles. The highest BCUT2D eigenvalue weighted by molar-refractivity contribution is 5.90. The van der Waals surface area contributed by atoms with Gasteiger partial charge in [0, 0.05) is 14.0 Å². The summed E-state index contributed by atoms with van der Waals surface area (Å²) in [4.78, 5) is 24.0. The Balaban J connectivity index is 2.20. The van der Waals surface area contributed by atoms with Gasteiger partial charge in [-0.3, -0.25) is 9.59 Å². The lowest BCUT2D eigenvalue weighted by Crippen LogP contribution is -2.58. The van der Waals surface area contributed by atoms with Crippen LogP contribution in [0.25, 0.3) is 0 Å². The summed E-state index contributed by atoms with van der Waals surface area (Å²) < 4.78 is 5.01. The van der Waals surface area contributed by atoms with Crippen LogP contribution in [0.5, 0.6) is 0 Å². The molecular formula is C12H13NO3. The Labute approximate surface area is 93.8 Å². The van der Waals surface area contributed by atoms with Gasteiger partial charge in [0.05, 0.1) is 0 Å². The molecule has 2 rings (SSSR count). The highest BCUT2D eigenvalue weighted by Gasteiger charge is 2.48. The highest BCUT2D eigenvalue weighted by atomic mass is 16.6. The van der Waals surface area contributed by atoms with E-state index in [2.05, 4.69) is 0 Å². The first-order valence-electron chi connectivity index (χ1n) is 5.10. The van der Waals surface area contributed by atoms with Gasteiger partial charge < -0.3 is 9.64 Å². The molecule has 0 radical (unpaired) electrons. The molecule has 1 saturated heterocycles. The van der Waals surface area contributed by atoms with Crippen LogP contribution in [0, 0.1) is 0 Å². The third kappa shape index (κ3) is 1.66.